The van der Waals surface area contributed by atoms with Crippen LogP contribution in [0.4, 0.5) is 0 Å². The smallest absolute Gasteiger partial charge is 0.0541 e. The highest BCUT2D eigenvalue weighted by molar-refractivity contribution is 6.15. The van der Waals surface area contributed by atoms with Crippen LogP contribution >= 0.6 is 0 Å². The maximum atomic E-state index is 2.44. The monoisotopic (exact) mass is 501 g/mol. The van der Waals surface area contributed by atoms with Crippen LogP contribution in [0.1, 0.15) is 38.8 Å². The highest BCUT2D eigenvalue weighted by atomic mass is 15.0. The fourth-order valence-electron chi connectivity index (χ4n) is 7.34. The molecule has 1 aliphatic rings. The van der Waals surface area contributed by atoms with E-state index in [-0.39, 0.29) is 10.8 Å². The Labute approximate surface area is 229 Å². The predicted octanol–water partition coefficient (Wildman–Crippen LogP) is 10.3. The zero-order valence-corrected chi connectivity index (χ0v) is 22.9. The molecule has 1 heteroatoms. The van der Waals surface area contributed by atoms with E-state index in [1.807, 2.05) is 0 Å². The molecule has 0 amide bonds. The lowest BCUT2D eigenvalue weighted by atomic mass is 9.55. The highest BCUT2D eigenvalue weighted by Crippen LogP contribution is 2.56. The summed E-state index contributed by atoms with van der Waals surface area (Å²) in [6.07, 6.45) is 0. The third-order valence-corrected chi connectivity index (χ3v) is 9.93. The van der Waals surface area contributed by atoms with Crippen LogP contribution in [-0.4, -0.2) is 4.57 Å². The van der Waals surface area contributed by atoms with E-state index in [0.29, 0.717) is 0 Å². The number of hydrogen-bond acceptors (Lipinski definition) is 0. The van der Waals surface area contributed by atoms with Crippen LogP contribution in [-0.2, 0) is 10.8 Å². The summed E-state index contributed by atoms with van der Waals surface area (Å²) in [5, 5.41) is 7.88. The van der Waals surface area contributed by atoms with E-state index >= 15 is 0 Å². The second kappa shape index (κ2) is 7.61. The van der Waals surface area contributed by atoms with E-state index in [9.17, 15) is 0 Å². The highest BCUT2D eigenvalue weighted by Gasteiger charge is 2.46. The molecule has 0 unspecified atom stereocenters. The Balaban J connectivity index is 1.48. The van der Waals surface area contributed by atoms with Gasteiger partial charge in [-0.1, -0.05) is 125 Å². The number of rotatable bonds is 1. The minimum Gasteiger partial charge on any atom is -0.309 e. The van der Waals surface area contributed by atoms with Gasteiger partial charge >= 0.3 is 0 Å². The Hall–Kier alpha value is -4.36. The van der Waals surface area contributed by atoms with Gasteiger partial charge in [0.05, 0.1) is 16.7 Å². The van der Waals surface area contributed by atoms with E-state index in [2.05, 4.69) is 148 Å². The van der Waals surface area contributed by atoms with Crippen molar-refractivity contribution < 1.29 is 0 Å². The van der Waals surface area contributed by atoms with E-state index in [4.69, 9.17) is 0 Å². The number of hydrogen-bond donors (Lipinski definition) is 0. The maximum Gasteiger partial charge on any atom is 0.0541 e. The van der Waals surface area contributed by atoms with Gasteiger partial charge in [-0.05, 0) is 62.0 Å². The Morgan fingerprint density at radius 1 is 0.410 bits per heavy atom. The molecule has 1 heterocycles. The number of para-hydroxylation sites is 2. The molecule has 1 aromatic heterocycles. The average Bonchev–Trinajstić information content (AvgIpc) is 3.29. The van der Waals surface area contributed by atoms with E-state index < -0.39 is 0 Å². The van der Waals surface area contributed by atoms with Gasteiger partial charge in [-0.2, -0.15) is 0 Å². The summed E-state index contributed by atoms with van der Waals surface area (Å²) in [5.41, 5.74) is 9.35. The maximum absolute atomic E-state index is 2.44. The second-order valence-corrected chi connectivity index (χ2v) is 12.2. The van der Waals surface area contributed by atoms with Crippen molar-refractivity contribution in [1.82, 2.24) is 4.57 Å². The quantitative estimate of drug-likeness (QED) is 0.197. The normalized spacial score (nSPS) is 15.6. The van der Waals surface area contributed by atoms with Crippen molar-refractivity contribution in [2.75, 3.05) is 0 Å². The average molecular weight is 502 g/mol. The SMILES string of the molecule is CC1(C)c2ccccc2-c2ccc3c(ccc4c(-n5c6ccccc6c6ccccc65)cccc43)c2C1(C)C. The summed E-state index contributed by atoms with van der Waals surface area (Å²) < 4.78 is 2.44. The van der Waals surface area contributed by atoms with Gasteiger partial charge in [0, 0.05) is 21.6 Å². The third-order valence-electron chi connectivity index (χ3n) is 9.93. The van der Waals surface area contributed by atoms with Gasteiger partial charge in [0.25, 0.3) is 0 Å². The van der Waals surface area contributed by atoms with Crippen LogP contribution in [0, 0.1) is 0 Å². The lowest BCUT2D eigenvalue weighted by molar-refractivity contribution is 0.301. The molecule has 0 fully saturated rings. The third kappa shape index (κ3) is 2.80. The van der Waals surface area contributed by atoms with Crippen molar-refractivity contribution in [3.63, 3.8) is 0 Å². The van der Waals surface area contributed by atoms with Gasteiger partial charge in [-0.3, -0.25) is 0 Å². The Morgan fingerprint density at radius 2 is 0.974 bits per heavy atom. The lowest BCUT2D eigenvalue weighted by Gasteiger charge is -2.49. The summed E-state index contributed by atoms with van der Waals surface area (Å²) in [6, 6.07) is 42.8. The van der Waals surface area contributed by atoms with Gasteiger partial charge in [0.15, 0.2) is 0 Å². The first-order valence-corrected chi connectivity index (χ1v) is 14.0. The molecule has 1 nitrogen and oxygen atoms in total. The molecule has 0 radical (unpaired) electrons. The topological polar surface area (TPSA) is 4.93 Å². The summed E-state index contributed by atoms with van der Waals surface area (Å²) in [5.74, 6) is 0. The van der Waals surface area contributed by atoms with E-state index in [1.165, 1.54) is 71.3 Å². The fourth-order valence-corrected chi connectivity index (χ4v) is 7.34. The van der Waals surface area contributed by atoms with Crippen molar-refractivity contribution >= 4 is 43.4 Å². The van der Waals surface area contributed by atoms with Crippen LogP contribution in [0.3, 0.4) is 0 Å². The molecule has 7 aromatic rings. The molecule has 0 spiro atoms. The Bertz CT molecular complexity index is 2070. The zero-order valence-electron chi connectivity index (χ0n) is 22.9. The molecule has 0 aliphatic heterocycles. The molecule has 0 N–H and O–H groups in total. The van der Waals surface area contributed by atoms with Crippen LogP contribution < -0.4 is 0 Å². The molecule has 6 aromatic carbocycles. The van der Waals surface area contributed by atoms with Crippen molar-refractivity contribution in [2.45, 2.75) is 38.5 Å². The molecule has 1 aliphatic carbocycles. The molecule has 188 valence electrons. The van der Waals surface area contributed by atoms with Gasteiger partial charge < -0.3 is 4.57 Å². The van der Waals surface area contributed by atoms with E-state index in [1.54, 1.807) is 0 Å². The van der Waals surface area contributed by atoms with Gasteiger partial charge in [-0.15, -0.1) is 0 Å². The Kier molecular flexibility index (Phi) is 4.41. The number of fused-ring (bicyclic) bond motifs is 10. The van der Waals surface area contributed by atoms with Crippen molar-refractivity contribution in [2.24, 2.45) is 0 Å². The van der Waals surface area contributed by atoms with E-state index in [0.717, 1.165) is 0 Å². The number of nitrogens with zero attached hydrogens (tertiary/aromatic N) is 1. The first-order valence-electron chi connectivity index (χ1n) is 14.0. The van der Waals surface area contributed by atoms with Crippen molar-refractivity contribution in [3.05, 3.63) is 126 Å². The van der Waals surface area contributed by atoms with Crippen LogP contribution in [0.5, 0.6) is 0 Å². The molecular weight excluding hydrogens is 470 g/mol. The minimum absolute atomic E-state index is 0.00462. The number of benzene rings is 6. The Morgan fingerprint density at radius 3 is 1.72 bits per heavy atom. The molecule has 0 bridgehead atoms. The summed E-state index contributed by atoms with van der Waals surface area (Å²) >= 11 is 0. The molecule has 0 atom stereocenters. The number of aromatic nitrogens is 1. The largest absolute Gasteiger partial charge is 0.309 e. The minimum atomic E-state index is -0.0334. The first-order chi connectivity index (χ1) is 18.9. The zero-order chi connectivity index (χ0) is 26.5. The lowest BCUT2D eigenvalue weighted by Crippen LogP contribution is -2.43. The van der Waals surface area contributed by atoms with Gasteiger partial charge in [-0.25, -0.2) is 0 Å². The second-order valence-electron chi connectivity index (χ2n) is 12.2. The van der Waals surface area contributed by atoms with Crippen LogP contribution in [0.25, 0.3) is 60.2 Å². The standard InChI is InChI=1S/C38H31N/c1-37(2)32-16-8-5-12-26(32)31-22-20-25-24-15-11-19-35(29(24)21-23-30(25)36(31)38(37,3)4)39-33-17-9-6-13-27(33)28-14-7-10-18-34(28)39/h5-23H,1-4H3. The molecular formula is C38H31N. The van der Waals surface area contributed by atoms with Crippen molar-refractivity contribution in [1.29, 1.82) is 0 Å². The molecule has 8 rings (SSSR count). The first kappa shape index (κ1) is 22.6. The van der Waals surface area contributed by atoms with Gasteiger partial charge in [0.1, 0.15) is 0 Å². The summed E-state index contributed by atoms with van der Waals surface area (Å²) in [7, 11) is 0. The molecule has 39 heavy (non-hydrogen) atoms. The fraction of sp³-hybridized carbons (Fsp3) is 0.158. The summed E-state index contributed by atoms with van der Waals surface area (Å²) in [4.78, 5) is 0. The summed E-state index contributed by atoms with van der Waals surface area (Å²) in [6.45, 7) is 9.68. The molecule has 0 saturated carbocycles. The van der Waals surface area contributed by atoms with Crippen molar-refractivity contribution in [3.8, 4) is 16.8 Å². The van der Waals surface area contributed by atoms with Crippen LogP contribution in [0.2, 0.25) is 0 Å². The predicted molar refractivity (Wildman–Crippen MR) is 167 cm³/mol. The van der Waals surface area contributed by atoms with Gasteiger partial charge in [0.2, 0.25) is 0 Å². The van der Waals surface area contributed by atoms with Crippen LogP contribution in [0.15, 0.2) is 115 Å². The molecule has 0 saturated heterocycles.